The smallest absolute Gasteiger partial charge is 0.255 e. The minimum absolute atomic E-state index is 0.0154. The molecule has 3 aliphatic carbocycles. The van der Waals surface area contributed by atoms with E-state index in [-0.39, 0.29) is 34.7 Å². The van der Waals surface area contributed by atoms with Gasteiger partial charge in [-0.3, -0.25) is 19.3 Å². The summed E-state index contributed by atoms with van der Waals surface area (Å²) < 4.78 is 0. The number of carbonyl (C=O) groups excluding carboxylic acids is 3. The molecule has 8 N–H and O–H groups in total. The van der Waals surface area contributed by atoms with Crippen LogP contribution in [-0.2, 0) is 20.8 Å². The molecule has 11 heteroatoms. The predicted octanol–water partition coefficient (Wildman–Crippen LogP) is 0.200. The van der Waals surface area contributed by atoms with Gasteiger partial charge >= 0.3 is 0 Å². The zero-order valence-corrected chi connectivity index (χ0v) is 18.0. The van der Waals surface area contributed by atoms with Gasteiger partial charge in [0.25, 0.3) is 5.91 Å². The summed E-state index contributed by atoms with van der Waals surface area (Å²) in [6.07, 6.45) is 0.0764. The number of carbonyl (C=O) groups is 3. The Hall–Kier alpha value is -3.08. The van der Waals surface area contributed by atoms with E-state index in [0.717, 1.165) is 6.07 Å². The summed E-state index contributed by atoms with van der Waals surface area (Å²) in [5.74, 6) is -7.16. The number of benzene rings is 1. The number of nitrogens with zero attached hydrogens (tertiary/aromatic N) is 1. The van der Waals surface area contributed by atoms with E-state index in [0.29, 0.717) is 5.56 Å². The van der Waals surface area contributed by atoms with Crippen LogP contribution in [0.2, 0.25) is 5.02 Å². The second kappa shape index (κ2) is 6.96. The quantitative estimate of drug-likeness (QED) is 0.202. The van der Waals surface area contributed by atoms with Gasteiger partial charge in [0, 0.05) is 17.6 Å². The number of Topliss-reactive ketones (excluding diaryl/α,β-unsaturated/α-hetero) is 2. The van der Waals surface area contributed by atoms with E-state index in [1.54, 1.807) is 0 Å². The number of anilines is 1. The van der Waals surface area contributed by atoms with E-state index < -0.39 is 63.8 Å². The molecule has 0 aliphatic heterocycles. The summed E-state index contributed by atoms with van der Waals surface area (Å²) in [6, 6.07) is -0.0146. The number of rotatable bonds is 2. The van der Waals surface area contributed by atoms with Gasteiger partial charge in [-0.15, -0.1) is 0 Å². The number of hydrogen-bond acceptors (Lipinski definition) is 9. The topological polar surface area (TPSA) is 187 Å². The number of amides is 1. The first-order valence-corrected chi connectivity index (χ1v) is 10.2. The van der Waals surface area contributed by atoms with Gasteiger partial charge in [-0.2, -0.15) is 0 Å². The molecule has 4 rings (SSSR count). The van der Waals surface area contributed by atoms with Crippen LogP contribution in [0.4, 0.5) is 5.69 Å². The number of aliphatic hydroxyl groups is 3. The van der Waals surface area contributed by atoms with Gasteiger partial charge in [-0.1, -0.05) is 11.6 Å². The fourth-order valence-corrected chi connectivity index (χ4v) is 5.53. The Morgan fingerprint density at radius 2 is 1.88 bits per heavy atom. The number of phenols is 1. The number of nitrogens with two attached hydrogens (primary N) is 2. The first kappa shape index (κ1) is 22.1. The Balaban J connectivity index is 2.00. The van der Waals surface area contributed by atoms with E-state index in [9.17, 15) is 34.8 Å². The van der Waals surface area contributed by atoms with E-state index >= 15 is 0 Å². The number of primary amides is 1. The summed E-state index contributed by atoms with van der Waals surface area (Å²) in [6.45, 7) is 0. The van der Waals surface area contributed by atoms with Crippen LogP contribution in [0, 0.1) is 11.8 Å². The molecule has 1 fully saturated rings. The molecule has 10 nitrogen and oxygen atoms in total. The third-order valence-corrected chi connectivity index (χ3v) is 7.03. The highest BCUT2D eigenvalue weighted by molar-refractivity contribution is 6.33. The van der Waals surface area contributed by atoms with Gasteiger partial charge in [0.2, 0.25) is 5.78 Å². The summed E-state index contributed by atoms with van der Waals surface area (Å²) >= 11 is 6.06. The molecule has 0 bridgehead atoms. The summed E-state index contributed by atoms with van der Waals surface area (Å²) in [7, 11) is 3.06. The van der Waals surface area contributed by atoms with Gasteiger partial charge in [0.1, 0.15) is 22.8 Å². The molecule has 1 saturated carbocycles. The third-order valence-electron chi connectivity index (χ3n) is 6.72. The number of nitrogen functional groups attached to an aromatic ring is 1. The number of aliphatic hydroxyl groups excluding tert-OH is 2. The maximum absolute atomic E-state index is 13.6. The van der Waals surface area contributed by atoms with Gasteiger partial charge in [0.05, 0.1) is 22.3 Å². The standard InChI is InChI=1S/C21H22ClN3O7/c1-25(2)15-8-4-6-3-7-12(10(26)5-9(22)14(7)23)16(27)11(6)18(29)21(8,32)19(30)13(17(15)28)20(24)31/h5-6,8,15,26-27,30,32H,3-4,23H2,1-2H3,(H2,24,31). The van der Waals surface area contributed by atoms with E-state index in [4.69, 9.17) is 23.1 Å². The van der Waals surface area contributed by atoms with Crippen molar-refractivity contribution in [3.05, 3.63) is 39.1 Å². The summed E-state index contributed by atoms with van der Waals surface area (Å²) in [5.41, 5.74) is 7.92. The van der Waals surface area contributed by atoms with Crippen LogP contribution in [0.1, 0.15) is 17.5 Å². The molecule has 1 aromatic carbocycles. The zero-order chi connectivity index (χ0) is 23.9. The molecule has 0 spiro atoms. The van der Waals surface area contributed by atoms with E-state index in [1.165, 1.54) is 19.0 Å². The molecule has 4 unspecified atom stereocenters. The molecule has 0 aromatic heterocycles. The highest BCUT2D eigenvalue weighted by Crippen LogP contribution is 2.53. The monoisotopic (exact) mass is 463 g/mol. The molecule has 0 heterocycles. The van der Waals surface area contributed by atoms with Crippen molar-refractivity contribution < 1.29 is 34.8 Å². The number of likely N-dealkylation sites (N-methyl/N-ethyl adjacent to an activating group) is 1. The fourth-order valence-electron chi connectivity index (χ4n) is 5.31. The molecular formula is C21H22ClN3O7. The molecule has 1 aromatic rings. The highest BCUT2D eigenvalue weighted by atomic mass is 35.5. The average Bonchev–Trinajstić information content (AvgIpc) is 2.68. The van der Waals surface area contributed by atoms with E-state index in [2.05, 4.69) is 0 Å². The van der Waals surface area contributed by atoms with E-state index in [1.807, 2.05) is 0 Å². The Bertz CT molecular complexity index is 1170. The first-order valence-electron chi connectivity index (χ1n) is 9.78. The van der Waals surface area contributed by atoms with Crippen molar-refractivity contribution >= 4 is 40.5 Å². The van der Waals surface area contributed by atoms with Gasteiger partial charge < -0.3 is 31.9 Å². The lowest BCUT2D eigenvalue weighted by Crippen LogP contribution is -2.65. The number of fused-ring (bicyclic) bond motifs is 3. The predicted molar refractivity (Wildman–Crippen MR) is 114 cm³/mol. The molecule has 1 amide bonds. The second-order valence-electron chi connectivity index (χ2n) is 8.61. The number of aromatic hydroxyl groups is 1. The third kappa shape index (κ3) is 2.63. The Kier molecular flexibility index (Phi) is 4.81. The lowest BCUT2D eigenvalue weighted by Gasteiger charge is -2.50. The van der Waals surface area contributed by atoms with Crippen LogP contribution >= 0.6 is 11.6 Å². The van der Waals surface area contributed by atoms with Crippen molar-refractivity contribution in [2.45, 2.75) is 24.5 Å². The normalized spacial score (nSPS) is 29.7. The molecular weight excluding hydrogens is 442 g/mol. The largest absolute Gasteiger partial charge is 0.508 e. The van der Waals surface area contributed by atoms with Crippen molar-refractivity contribution in [1.29, 1.82) is 0 Å². The molecule has 0 saturated heterocycles. The fraction of sp³-hybridized carbons (Fsp3) is 0.381. The lowest BCUT2D eigenvalue weighted by atomic mass is 9.57. The summed E-state index contributed by atoms with van der Waals surface area (Å²) in [4.78, 5) is 39.9. The Morgan fingerprint density at radius 3 is 2.44 bits per heavy atom. The maximum Gasteiger partial charge on any atom is 0.255 e. The number of phenolic OH excluding ortho intramolecular Hbond substituents is 1. The van der Waals surface area contributed by atoms with Crippen molar-refractivity contribution in [1.82, 2.24) is 4.90 Å². The number of halogens is 1. The van der Waals surface area contributed by atoms with Gasteiger partial charge in [-0.05, 0) is 38.4 Å². The Labute approximate surface area is 187 Å². The molecule has 32 heavy (non-hydrogen) atoms. The van der Waals surface area contributed by atoms with Crippen LogP contribution in [-0.4, -0.2) is 68.5 Å². The summed E-state index contributed by atoms with van der Waals surface area (Å²) in [5, 5.41) is 43.5. The number of hydrogen-bond donors (Lipinski definition) is 6. The van der Waals surface area contributed by atoms with Crippen LogP contribution < -0.4 is 11.5 Å². The Morgan fingerprint density at radius 1 is 1.25 bits per heavy atom. The maximum atomic E-state index is 13.6. The highest BCUT2D eigenvalue weighted by Gasteiger charge is 2.64. The van der Waals surface area contributed by atoms with Crippen LogP contribution in [0.3, 0.4) is 0 Å². The van der Waals surface area contributed by atoms with Crippen molar-refractivity contribution in [3.8, 4) is 5.75 Å². The number of ketones is 2. The van der Waals surface area contributed by atoms with Gasteiger partial charge in [0.15, 0.2) is 11.4 Å². The van der Waals surface area contributed by atoms with Crippen LogP contribution in [0.25, 0.3) is 5.76 Å². The molecule has 170 valence electrons. The zero-order valence-electron chi connectivity index (χ0n) is 17.2. The van der Waals surface area contributed by atoms with Crippen LogP contribution in [0.5, 0.6) is 5.75 Å². The van der Waals surface area contributed by atoms with Crippen LogP contribution in [0.15, 0.2) is 23.0 Å². The van der Waals surface area contributed by atoms with Crippen molar-refractivity contribution in [3.63, 3.8) is 0 Å². The lowest BCUT2D eigenvalue weighted by molar-refractivity contribution is -0.153. The SMILES string of the molecule is CN(C)C1C(=O)C(C(N)=O)=C(O)C2(O)C(=O)C3=C(O)c4c(O)cc(Cl)c(N)c4CC3CC12. The minimum Gasteiger partial charge on any atom is -0.508 e. The first-order chi connectivity index (χ1) is 14.8. The molecule has 0 radical (unpaired) electrons. The van der Waals surface area contributed by atoms with Crippen molar-refractivity contribution in [2.24, 2.45) is 17.6 Å². The average molecular weight is 464 g/mol. The molecule has 3 aliphatic rings. The van der Waals surface area contributed by atoms with Gasteiger partial charge in [-0.25, -0.2) is 0 Å². The minimum atomic E-state index is -2.67. The molecule has 4 atom stereocenters. The second-order valence-corrected chi connectivity index (χ2v) is 9.01. The van der Waals surface area contributed by atoms with Crippen molar-refractivity contribution in [2.75, 3.05) is 19.8 Å².